The van der Waals surface area contributed by atoms with E-state index in [1.165, 1.54) is 73.8 Å². The first kappa shape index (κ1) is 107. The van der Waals surface area contributed by atoms with E-state index in [0.29, 0.717) is 92.3 Å². The number of aryl methyl sites for hydroxylation is 2. The summed E-state index contributed by atoms with van der Waals surface area (Å²) in [6.07, 6.45) is 22.8. The number of likely N-dealkylation sites (N-methyl/N-ethyl adjacent to an activating group) is 1. The van der Waals surface area contributed by atoms with Gasteiger partial charge in [0, 0.05) is 164 Å². The molecule has 2 saturated heterocycles. The number of rotatable bonds is 34. The predicted octanol–water partition coefficient (Wildman–Crippen LogP) is 24.9. The van der Waals surface area contributed by atoms with Gasteiger partial charge in [-0.25, -0.2) is 29.1 Å². The predicted molar refractivity (Wildman–Crippen MR) is 584 cm³/mol. The largest absolute Gasteiger partial charge is 0.494 e. The van der Waals surface area contributed by atoms with Crippen LogP contribution in [0.15, 0.2) is 214 Å². The van der Waals surface area contributed by atoms with Gasteiger partial charge in [-0.2, -0.15) is 5.10 Å². The number of piperidine rings is 1. The van der Waals surface area contributed by atoms with Gasteiger partial charge in [0.15, 0.2) is 0 Å². The number of halogens is 4. The van der Waals surface area contributed by atoms with Crippen LogP contribution in [0, 0.1) is 17.8 Å². The summed E-state index contributed by atoms with van der Waals surface area (Å²) < 4.78 is 50.0. The Morgan fingerprint density at radius 1 is 0.378 bits per heavy atom. The number of unbranched alkanes of at least 4 members (excludes halogenated alkanes) is 3. The standard InChI is InChI=1S/C31H41ClN4O3.C31H40ClN3O3.C28H32ClN5O3.C26H25ClN4O3/c1-22(2)21-39-31(37)36-14-12-26-27-20-24(32)8-11-28(27)33-29(26)30(36)23-6-9-25(10-7-23)38-19-5-4-13-35-17-15-34(3)16-18-35;1-22(2)21-38-31(36)35-18-14-26-27-20-24(32)10-13-28(27)33-29(26)30(35)23-8-11-25(12-9-23)37-19-7-6-17-34-15-4-3-5-16-34;1-19(2)16-37-28(35)34-13-11-23-24-15-21(29)7-10-25(24)32-26(23)27(34)20-5-8-22(9-6-20)36-14-4-3-12-33-18-30-17-31-33;1-2-33-26(32)31-13-10-21-22-16-19(27)6-9-23(22)29-24(21)25(31)18-4-7-20(8-5-18)34-15-3-12-30-14-11-28-17-30/h6-11,20,22,30,33H,4-5,12-19,21H2,1-3H3;8-13,20,22,30,33H,3-7,14-19,21H2,1-2H3;5-10,15,17-19,27,32H,3-4,11-14,16H2,1-2H3;2,4-9,11,14,16-17,25,29H,1,3,10,12-13,15H2. The smallest absolute Gasteiger partial charge is 0.415 e. The second-order valence-corrected chi connectivity index (χ2v) is 42.1. The third-order valence-electron chi connectivity index (χ3n) is 28.1. The molecule has 0 aliphatic carbocycles. The highest BCUT2D eigenvalue weighted by Gasteiger charge is 2.41. The molecule has 0 spiro atoms. The van der Waals surface area contributed by atoms with Crippen molar-refractivity contribution >= 4 is 114 Å². The van der Waals surface area contributed by atoms with Gasteiger partial charge < -0.3 is 77.1 Å². The van der Waals surface area contributed by atoms with E-state index < -0.39 is 6.09 Å². The average molecular weight is 2090 g/mol. The number of carbonyl (C=O) groups excluding carboxylic acids is 4. The lowest BCUT2D eigenvalue weighted by atomic mass is 9.92. The van der Waals surface area contributed by atoms with E-state index >= 15 is 0 Å². The van der Waals surface area contributed by atoms with Gasteiger partial charge in [0.05, 0.1) is 58.8 Å². The van der Waals surface area contributed by atoms with Crippen LogP contribution < -0.4 is 18.9 Å². The van der Waals surface area contributed by atoms with Crippen molar-refractivity contribution in [3.8, 4) is 23.0 Å². The van der Waals surface area contributed by atoms with Crippen LogP contribution in [0.4, 0.5) is 19.2 Å². The van der Waals surface area contributed by atoms with E-state index in [2.05, 4.69) is 87.6 Å². The Kier molecular flexibility index (Phi) is 37.1. The molecule has 20 rings (SSSR count). The Bertz CT molecular complexity index is 6700. The lowest BCUT2D eigenvalue weighted by molar-refractivity contribution is 0.0791. The number of nitrogens with one attached hydrogen (secondary N) is 4. The molecule has 6 aliphatic heterocycles. The van der Waals surface area contributed by atoms with Crippen molar-refractivity contribution in [2.24, 2.45) is 17.8 Å². The monoisotopic (exact) mass is 2090 g/mol. The highest BCUT2D eigenvalue weighted by molar-refractivity contribution is 6.32. The molecule has 4 N–H and O–H groups in total. The Balaban J connectivity index is 0.000000135. The molecule has 4 unspecified atom stereocenters. The number of likely N-dealkylation sites (tertiary alicyclic amines) is 1. The van der Waals surface area contributed by atoms with Gasteiger partial charge in [-0.3, -0.25) is 24.3 Å². The second kappa shape index (κ2) is 51.5. The number of nitrogens with zero attached hydrogens (tertiary/aromatic N) is 12. The highest BCUT2D eigenvalue weighted by Crippen LogP contribution is 2.46. The lowest BCUT2D eigenvalue weighted by Gasteiger charge is -2.35. The summed E-state index contributed by atoms with van der Waals surface area (Å²) in [5.74, 6) is 4.13. The summed E-state index contributed by atoms with van der Waals surface area (Å²) in [4.78, 5) is 89.3. The topological polar surface area (TPSA) is 276 Å². The number of ether oxygens (including phenoxy) is 8. The van der Waals surface area contributed by atoms with Crippen LogP contribution in [0.5, 0.6) is 23.0 Å². The Labute approximate surface area is 886 Å². The third kappa shape index (κ3) is 27.3. The van der Waals surface area contributed by atoms with Gasteiger partial charge in [0.2, 0.25) is 0 Å². The Hall–Kier alpha value is -12.7. The molecule has 4 amide bonds. The van der Waals surface area contributed by atoms with E-state index in [1.54, 1.807) is 30.1 Å². The van der Waals surface area contributed by atoms with Crippen molar-refractivity contribution in [1.82, 2.24) is 78.6 Å². The number of benzene rings is 8. The fourth-order valence-corrected chi connectivity index (χ4v) is 21.3. The van der Waals surface area contributed by atoms with Gasteiger partial charge in [0.25, 0.3) is 0 Å². The van der Waals surface area contributed by atoms with Crippen LogP contribution in [-0.4, -0.2) is 235 Å². The molecule has 14 aromatic rings. The normalized spacial score (nSPS) is 16.8. The van der Waals surface area contributed by atoms with Crippen LogP contribution in [0.1, 0.15) is 197 Å². The average Bonchev–Trinajstić information content (AvgIpc) is 1.61. The number of H-pyrrole nitrogens is 4. The first-order valence-corrected chi connectivity index (χ1v) is 53.9. The summed E-state index contributed by atoms with van der Waals surface area (Å²) in [5.41, 5.74) is 16.9. The van der Waals surface area contributed by atoms with Crippen molar-refractivity contribution in [2.75, 3.05) is 132 Å². The SMILES string of the molecule is C=COC(=O)N1CCc2c([nH]c3ccc(Cl)cc23)C1c1ccc(OCCCn2ccnc2)cc1.CC(C)COC(=O)N1CCc2c([nH]c3ccc(Cl)cc23)C1c1ccc(OCCCCN2CCCCC2)cc1.CC(C)COC(=O)N1CCc2c([nH]c3ccc(Cl)cc23)C1c1ccc(OCCCCN2CCN(C)CC2)cc1.CC(C)COC(=O)N1CCc2c([nH]c3ccc(Cl)cc23)C1c1ccc(OCCCCn2cncn2)cc1. The van der Waals surface area contributed by atoms with E-state index in [-0.39, 0.29) is 60.2 Å². The fourth-order valence-electron chi connectivity index (χ4n) is 20.6. The van der Waals surface area contributed by atoms with Gasteiger partial charge in [-0.1, -0.05) is 149 Å². The summed E-state index contributed by atoms with van der Waals surface area (Å²) in [6, 6.07) is 54.6. The number of aromatic nitrogens is 9. The minimum Gasteiger partial charge on any atom is -0.494 e. The van der Waals surface area contributed by atoms with Gasteiger partial charge in [-0.15, -0.1) is 0 Å². The number of hydrogen-bond donors (Lipinski definition) is 4. The molecular formula is C116H138Cl4N16O12. The molecule has 0 radical (unpaired) electrons. The van der Waals surface area contributed by atoms with Gasteiger partial charge in [0.1, 0.15) is 59.8 Å². The van der Waals surface area contributed by atoms with Crippen molar-refractivity contribution in [1.29, 1.82) is 0 Å². The summed E-state index contributed by atoms with van der Waals surface area (Å²) >= 11 is 25.2. The number of fused-ring (bicyclic) bond motifs is 12. The Morgan fingerprint density at radius 2 is 0.709 bits per heavy atom. The van der Waals surface area contributed by atoms with Crippen molar-refractivity contribution in [2.45, 2.75) is 169 Å². The summed E-state index contributed by atoms with van der Waals surface area (Å²) in [5, 5.41) is 11.4. The summed E-state index contributed by atoms with van der Waals surface area (Å²) in [6.45, 7) is 33.0. The van der Waals surface area contributed by atoms with E-state index in [0.717, 1.165) is 222 Å². The van der Waals surface area contributed by atoms with Crippen molar-refractivity contribution < 1.29 is 57.1 Å². The molecule has 2 fully saturated rings. The minimum absolute atomic E-state index is 0.261. The van der Waals surface area contributed by atoms with E-state index in [9.17, 15) is 19.2 Å². The van der Waals surface area contributed by atoms with Crippen LogP contribution in [0.25, 0.3) is 43.6 Å². The molecule has 148 heavy (non-hydrogen) atoms. The van der Waals surface area contributed by atoms with Crippen molar-refractivity contribution in [3.63, 3.8) is 0 Å². The van der Waals surface area contributed by atoms with Crippen LogP contribution >= 0.6 is 46.4 Å². The van der Waals surface area contributed by atoms with Crippen LogP contribution in [0.2, 0.25) is 20.1 Å². The first-order valence-electron chi connectivity index (χ1n) is 52.4. The lowest BCUT2D eigenvalue weighted by Crippen LogP contribution is -2.44. The second-order valence-electron chi connectivity index (χ2n) is 40.3. The molecule has 6 aromatic heterocycles. The van der Waals surface area contributed by atoms with E-state index in [4.69, 9.17) is 84.3 Å². The molecule has 0 bridgehead atoms. The molecule has 8 aromatic carbocycles. The highest BCUT2D eigenvalue weighted by atomic mass is 35.5. The van der Waals surface area contributed by atoms with Crippen LogP contribution in [-0.2, 0) is 57.7 Å². The number of piperazine rings is 1. The minimum atomic E-state index is -0.429. The van der Waals surface area contributed by atoms with Gasteiger partial charge >= 0.3 is 24.4 Å². The van der Waals surface area contributed by atoms with Crippen molar-refractivity contribution in [3.05, 3.63) is 301 Å². The fraction of sp³-hybridized carbons (Fsp3) is 0.422. The maximum Gasteiger partial charge on any atom is 0.415 e. The zero-order valence-corrected chi connectivity index (χ0v) is 88.9. The number of amides is 4. The van der Waals surface area contributed by atoms with Crippen LogP contribution in [0.3, 0.4) is 0 Å². The molecule has 0 saturated carbocycles. The quantitative estimate of drug-likeness (QED) is 0.0166. The molecule has 32 heteroatoms. The number of aromatic amines is 4. The van der Waals surface area contributed by atoms with E-state index in [1.807, 2.05) is 217 Å². The third-order valence-corrected chi connectivity index (χ3v) is 29.0. The zero-order chi connectivity index (χ0) is 103. The maximum atomic E-state index is 13.2. The zero-order valence-electron chi connectivity index (χ0n) is 85.9. The molecule has 6 aliphatic rings. The summed E-state index contributed by atoms with van der Waals surface area (Å²) in [7, 11) is 2.19. The molecule has 28 nitrogen and oxygen atoms in total. The Morgan fingerprint density at radius 3 is 1.03 bits per heavy atom. The van der Waals surface area contributed by atoms with Gasteiger partial charge in [-0.05, 0) is 300 Å². The molecule has 4 atom stereocenters. The molecule has 782 valence electrons. The number of carbonyl (C=O) groups is 4. The molecule has 12 heterocycles. The molecular weight excluding hydrogens is 1950 g/mol. The first-order chi connectivity index (χ1) is 72.0. The number of imidazole rings is 1. The maximum absolute atomic E-state index is 13.2. The number of hydrogen-bond acceptors (Lipinski definition) is 18.